The third-order valence-electron chi connectivity index (χ3n) is 4.09. The van der Waals surface area contributed by atoms with Crippen molar-refractivity contribution in [2.24, 2.45) is 0 Å². The van der Waals surface area contributed by atoms with Crippen LogP contribution in [-0.4, -0.2) is 22.6 Å². The van der Waals surface area contributed by atoms with Crippen molar-refractivity contribution in [3.05, 3.63) is 64.5 Å². The van der Waals surface area contributed by atoms with Crippen molar-refractivity contribution in [3.8, 4) is 12.1 Å². The van der Waals surface area contributed by atoms with Crippen LogP contribution < -0.4 is 0 Å². The highest BCUT2D eigenvalue weighted by atomic mass is 32.2. The Morgan fingerprint density at radius 3 is 2.62 bits per heavy atom. The average Bonchev–Trinajstić information content (AvgIpc) is 3.38. The van der Waals surface area contributed by atoms with Gasteiger partial charge in [-0.15, -0.1) is 0 Å². The van der Waals surface area contributed by atoms with Crippen LogP contribution in [0.1, 0.15) is 16.8 Å². The van der Waals surface area contributed by atoms with Crippen LogP contribution in [-0.2, 0) is 4.79 Å². The van der Waals surface area contributed by atoms with Gasteiger partial charge in [0.25, 0.3) is 0 Å². The number of hydrogen-bond acceptors (Lipinski definition) is 7. The molecule has 2 aliphatic heterocycles. The number of nitrogens with one attached hydrogen (secondary N) is 1. The second kappa shape index (κ2) is 6.10. The van der Waals surface area contributed by atoms with Crippen LogP contribution >= 0.6 is 11.8 Å². The van der Waals surface area contributed by atoms with Gasteiger partial charge in [0.2, 0.25) is 5.91 Å². The zero-order chi connectivity index (χ0) is 18.3. The van der Waals surface area contributed by atoms with E-state index in [2.05, 4.69) is 6.07 Å². The Morgan fingerprint density at radius 1 is 1.23 bits per heavy atom. The highest BCUT2D eigenvalue weighted by Crippen LogP contribution is 2.48. The minimum Gasteiger partial charge on any atom is -0.468 e. The fourth-order valence-electron chi connectivity index (χ4n) is 2.97. The summed E-state index contributed by atoms with van der Waals surface area (Å²) in [6.45, 7) is 0. The predicted molar refractivity (Wildman–Crippen MR) is 92.3 cm³/mol. The summed E-state index contributed by atoms with van der Waals surface area (Å²) in [5.74, 6) is 0.482. The number of rotatable bonds is 2. The van der Waals surface area contributed by atoms with Gasteiger partial charge in [-0.25, -0.2) is 0 Å². The molecule has 1 saturated heterocycles. The number of allylic oxidation sites excluding steroid dienone is 2. The molecule has 1 N–H and O–H groups in total. The Balaban J connectivity index is 1.90. The van der Waals surface area contributed by atoms with E-state index in [1.807, 2.05) is 6.07 Å². The largest absolute Gasteiger partial charge is 0.468 e. The minimum atomic E-state index is -1.10. The smallest absolute Gasteiger partial charge is 0.249 e. The number of nitrogens with zero attached hydrogens (tertiary/aromatic N) is 3. The molecule has 0 spiro atoms. The lowest BCUT2D eigenvalue weighted by atomic mass is 10.1. The summed E-state index contributed by atoms with van der Waals surface area (Å²) in [6.07, 6.45) is 4.50. The van der Waals surface area contributed by atoms with Crippen LogP contribution in [0.15, 0.2) is 61.8 Å². The first-order chi connectivity index (χ1) is 12.7. The molecule has 0 radical (unpaired) electrons. The fourth-order valence-corrected chi connectivity index (χ4v) is 4.04. The number of nitriles is 2. The monoisotopic (exact) mass is 362 g/mol. The number of carbonyl (C=O) groups is 1. The Hall–Kier alpha value is -3.49. The zero-order valence-electron chi connectivity index (χ0n) is 13.2. The van der Waals surface area contributed by atoms with Gasteiger partial charge in [-0.2, -0.15) is 10.5 Å². The Kier molecular flexibility index (Phi) is 3.76. The SMILES string of the molecule is N#CC1=C2/C(=C/c3ccco3)C(=N)C(C#N)N2C(=O)[C@@H](c2ccco2)S1. The molecule has 0 bridgehead atoms. The molecular formula is C18H10N4O3S. The number of thioether (sulfide) groups is 1. The molecule has 2 aromatic heterocycles. The summed E-state index contributed by atoms with van der Waals surface area (Å²) < 4.78 is 10.6. The van der Waals surface area contributed by atoms with E-state index in [1.165, 1.54) is 17.4 Å². The van der Waals surface area contributed by atoms with Gasteiger partial charge in [0.15, 0.2) is 6.04 Å². The second-order valence-corrected chi connectivity index (χ2v) is 6.65. The second-order valence-electron chi connectivity index (χ2n) is 5.53. The van der Waals surface area contributed by atoms with E-state index in [9.17, 15) is 15.3 Å². The lowest BCUT2D eigenvalue weighted by Gasteiger charge is -2.29. The van der Waals surface area contributed by atoms with E-state index in [0.717, 1.165) is 11.8 Å². The molecule has 2 aliphatic rings. The van der Waals surface area contributed by atoms with Gasteiger partial charge in [0.1, 0.15) is 27.7 Å². The molecule has 4 rings (SSSR count). The highest BCUT2D eigenvalue weighted by Gasteiger charge is 2.49. The van der Waals surface area contributed by atoms with Crippen LogP contribution in [0.25, 0.3) is 6.08 Å². The third kappa shape index (κ3) is 2.28. The van der Waals surface area contributed by atoms with Crippen LogP contribution in [0, 0.1) is 28.1 Å². The molecule has 0 aliphatic carbocycles. The first kappa shape index (κ1) is 16.0. The van der Waals surface area contributed by atoms with Crippen LogP contribution in [0.3, 0.4) is 0 Å². The van der Waals surface area contributed by atoms with E-state index >= 15 is 0 Å². The molecular weight excluding hydrogens is 352 g/mol. The Labute approximate surface area is 152 Å². The van der Waals surface area contributed by atoms with E-state index in [-0.39, 0.29) is 16.3 Å². The normalized spacial score (nSPS) is 23.9. The lowest BCUT2D eigenvalue weighted by molar-refractivity contribution is -0.129. The summed E-state index contributed by atoms with van der Waals surface area (Å²) >= 11 is 1.06. The molecule has 2 atom stereocenters. The Bertz CT molecular complexity index is 1040. The van der Waals surface area contributed by atoms with E-state index in [1.54, 1.807) is 30.3 Å². The molecule has 0 saturated carbocycles. The number of amides is 1. The Morgan fingerprint density at radius 2 is 2.00 bits per heavy atom. The third-order valence-corrected chi connectivity index (χ3v) is 5.28. The van der Waals surface area contributed by atoms with Crippen molar-refractivity contribution in [1.82, 2.24) is 4.90 Å². The molecule has 1 fully saturated rings. The van der Waals surface area contributed by atoms with Crippen molar-refractivity contribution >= 4 is 29.5 Å². The maximum Gasteiger partial charge on any atom is 0.249 e. The average molecular weight is 362 g/mol. The standard InChI is InChI=1S/C18H10N4O3S/c19-8-12-15(21)11(7-10-3-1-5-24-10)16-14(9-20)26-17(18(23)22(12)16)13-4-2-6-25-13/h1-7,12,17,21H/b11-7+,21-15?/t12?,17-/m1/s1. The van der Waals surface area contributed by atoms with Crippen LogP contribution in [0.5, 0.6) is 0 Å². The van der Waals surface area contributed by atoms with Crippen LogP contribution in [0.2, 0.25) is 0 Å². The summed E-state index contributed by atoms with van der Waals surface area (Å²) in [7, 11) is 0. The maximum absolute atomic E-state index is 13.0. The van der Waals surface area contributed by atoms with Crippen molar-refractivity contribution < 1.29 is 13.6 Å². The molecule has 2 aromatic rings. The number of carbonyl (C=O) groups excluding carboxylic acids is 1. The van der Waals surface area contributed by atoms with Gasteiger partial charge in [-0.3, -0.25) is 9.69 Å². The predicted octanol–water partition coefficient (Wildman–Crippen LogP) is 3.23. The van der Waals surface area contributed by atoms with Crippen molar-refractivity contribution in [2.75, 3.05) is 0 Å². The first-order valence-electron chi connectivity index (χ1n) is 7.57. The first-order valence-corrected chi connectivity index (χ1v) is 8.45. The van der Waals surface area contributed by atoms with Gasteiger partial charge in [0, 0.05) is 5.57 Å². The summed E-state index contributed by atoms with van der Waals surface area (Å²) in [5, 5.41) is 26.8. The summed E-state index contributed by atoms with van der Waals surface area (Å²) in [4.78, 5) is 14.5. The van der Waals surface area contributed by atoms with Crippen molar-refractivity contribution in [2.45, 2.75) is 11.3 Å². The summed E-state index contributed by atoms with van der Waals surface area (Å²) in [5.41, 5.74) is 0.570. The molecule has 4 heterocycles. The quantitative estimate of drug-likeness (QED) is 0.876. The number of furan rings is 2. The molecule has 1 amide bonds. The number of fused-ring (bicyclic) bond motifs is 1. The van der Waals surface area contributed by atoms with E-state index in [4.69, 9.17) is 14.2 Å². The van der Waals surface area contributed by atoms with Gasteiger partial charge >= 0.3 is 0 Å². The zero-order valence-corrected chi connectivity index (χ0v) is 14.0. The topological polar surface area (TPSA) is 118 Å². The van der Waals surface area contributed by atoms with E-state index in [0.29, 0.717) is 17.1 Å². The van der Waals surface area contributed by atoms with Crippen molar-refractivity contribution in [3.63, 3.8) is 0 Å². The van der Waals surface area contributed by atoms with Gasteiger partial charge in [-0.05, 0) is 30.3 Å². The lowest BCUT2D eigenvalue weighted by Crippen LogP contribution is -2.40. The highest BCUT2D eigenvalue weighted by molar-refractivity contribution is 8.04. The van der Waals surface area contributed by atoms with Crippen LogP contribution in [0.4, 0.5) is 0 Å². The molecule has 7 nitrogen and oxygen atoms in total. The molecule has 26 heavy (non-hydrogen) atoms. The van der Waals surface area contributed by atoms with Gasteiger partial charge in [0.05, 0.1) is 30.0 Å². The maximum atomic E-state index is 13.0. The van der Waals surface area contributed by atoms with Crippen molar-refractivity contribution in [1.29, 1.82) is 15.9 Å². The number of hydrogen-bond donors (Lipinski definition) is 1. The van der Waals surface area contributed by atoms with E-state index < -0.39 is 17.2 Å². The molecule has 8 heteroatoms. The summed E-state index contributed by atoms with van der Waals surface area (Å²) in [6, 6.07) is 9.68. The van der Waals surface area contributed by atoms with Gasteiger partial charge in [-0.1, -0.05) is 11.8 Å². The molecule has 0 aromatic carbocycles. The minimum absolute atomic E-state index is 0.0410. The molecule has 126 valence electrons. The van der Waals surface area contributed by atoms with Gasteiger partial charge < -0.3 is 14.2 Å². The molecule has 1 unspecified atom stereocenters. The fraction of sp³-hybridized carbons (Fsp3) is 0.111.